The monoisotopic (exact) mass is 356 g/mol. The Hall–Kier alpha value is -2.06. The summed E-state index contributed by atoms with van der Waals surface area (Å²) >= 11 is 6.03. The van der Waals surface area contributed by atoms with Gasteiger partial charge in [-0.15, -0.1) is 0 Å². The standard InChI is InChI=1S/C14H14ClFN4O2S/c15-12-8-17-14-11(12)3-1-4-13(14)19-23(21,22)10-7-18-20(9-10)6-2-5-16/h1,3-4,7-9,17,19H,2,5-6H2. The molecular formula is C14H14ClFN4O2S. The van der Waals surface area contributed by atoms with Crippen molar-refractivity contribution in [3.8, 4) is 0 Å². The molecule has 0 unspecified atom stereocenters. The summed E-state index contributed by atoms with van der Waals surface area (Å²) in [5, 5.41) is 5.17. The predicted octanol–water partition coefficient (Wildman–Crippen LogP) is 3.18. The summed E-state index contributed by atoms with van der Waals surface area (Å²) in [4.78, 5) is 2.96. The zero-order chi connectivity index (χ0) is 16.4. The fourth-order valence-electron chi connectivity index (χ4n) is 2.24. The maximum Gasteiger partial charge on any atom is 0.265 e. The average molecular weight is 357 g/mol. The van der Waals surface area contributed by atoms with Crippen LogP contribution in [-0.2, 0) is 16.6 Å². The number of benzene rings is 1. The Balaban J connectivity index is 1.89. The highest BCUT2D eigenvalue weighted by molar-refractivity contribution is 7.92. The molecule has 0 bridgehead atoms. The molecule has 2 heterocycles. The molecule has 0 aliphatic carbocycles. The van der Waals surface area contributed by atoms with Gasteiger partial charge < -0.3 is 4.98 Å². The molecule has 6 nitrogen and oxygen atoms in total. The van der Waals surface area contributed by atoms with Gasteiger partial charge in [0.2, 0.25) is 0 Å². The number of aromatic amines is 1. The van der Waals surface area contributed by atoms with E-state index >= 15 is 0 Å². The highest BCUT2D eigenvalue weighted by Crippen LogP contribution is 2.29. The van der Waals surface area contributed by atoms with Crippen molar-refractivity contribution in [2.45, 2.75) is 17.9 Å². The Morgan fingerprint density at radius 3 is 3.00 bits per heavy atom. The Morgan fingerprint density at radius 2 is 2.22 bits per heavy atom. The number of fused-ring (bicyclic) bond motifs is 1. The van der Waals surface area contributed by atoms with Crippen LogP contribution < -0.4 is 4.72 Å². The molecule has 0 spiro atoms. The molecule has 3 aromatic rings. The van der Waals surface area contributed by atoms with Crippen molar-refractivity contribution in [2.24, 2.45) is 0 Å². The molecule has 3 rings (SSSR count). The number of nitrogens with zero attached hydrogens (tertiary/aromatic N) is 2. The highest BCUT2D eigenvalue weighted by Gasteiger charge is 2.18. The van der Waals surface area contributed by atoms with Crippen LogP contribution in [0.2, 0.25) is 5.02 Å². The van der Waals surface area contributed by atoms with Gasteiger partial charge >= 0.3 is 0 Å². The minimum absolute atomic E-state index is 0.0195. The van der Waals surface area contributed by atoms with Gasteiger partial charge in [-0.25, -0.2) is 8.42 Å². The summed E-state index contributed by atoms with van der Waals surface area (Å²) in [5.74, 6) is 0. The lowest BCUT2D eigenvalue weighted by Gasteiger charge is -2.07. The van der Waals surface area contributed by atoms with Crippen LogP contribution in [0.3, 0.4) is 0 Å². The molecule has 0 amide bonds. The van der Waals surface area contributed by atoms with Crippen LogP contribution in [0, 0.1) is 0 Å². The summed E-state index contributed by atoms with van der Waals surface area (Å²) < 4.78 is 41.0. The van der Waals surface area contributed by atoms with Gasteiger partial charge in [-0.2, -0.15) is 5.10 Å². The van der Waals surface area contributed by atoms with Crippen LogP contribution in [-0.4, -0.2) is 29.9 Å². The number of nitrogens with one attached hydrogen (secondary N) is 2. The molecule has 9 heteroatoms. The molecule has 0 aliphatic rings. The quantitative estimate of drug-likeness (QED) is 0.711. The normalized spacial score (nSPS) is 11.9. The molecule has 1 aromatic carbocycles. The van der Waals surface area contributed by atoms with Crippen molar-refractivity contribution in [1.82, 2.24) is 14.8 Å². The number of sulfonamides is 1. The van der Waals surface area contributed by atoms with Crippen LogP contribution in [0.4, 0.5) is 10.1 Å². The molecule has 0 aliphatic heterocycles. The van der Waals surface area contributed by atoms with Crippen LogP contribution in [0.15, 0.2) is 41.7 Å². The third kappa shape index (κ3) is 3.18. The summed E-state index contributed by atoms with van der Waals surface area (Å²) in [7, 11) is -3.79. The van der Waals surface area contributed by atoms with Crippen molar-refractivity contribution in [1.29, 1.82) is 0 Å². The Morgan fingerprint density at radius 1 is 1.39 bits per heavy atom. The van der Waals surface area contributed by atoms with E-state index in [1.807, 2.05) is 0 Å². The van der Waals surface area contributed by atoms with E-state index in [0.717, 1.165) is 5.39 Å². The number of rotatable bonds is 6. The van der Waals surface area contributed by atoms with E-state index in [2.05, 4.69) is 14.8 Å². The lowest BCUT2D eigenvalue weighted by molar-refractivity contribution is 0.434. The van der Waals surface area contributed by atoms with Crippen molar-refractivity contribution in [3.05, 3.63) is 41.8 Å². The second-order valence-electron chi connectivity index (χ2n) is 4.95. The number of hydrogen-bond acceptors (Lipinski definition) is 3. The largest absolute Gasteiger partial charge is 0.358 e. The van der Waals surface area contributed by atoms with Gasteiger partial charge in [0.25, 0.3) is 10.0 Å². The molecule has 23 heavy (non-hydrogen) atoms. The SMILES string of the molecule is O=S(=O)(Nc1cccc2c(Cl)c[nH]c12)c1cnn(CCCF)c1. The molecule has 0 radical (unpaired) electrons. The number of para-hydroxylation sites is 1. The Bertz CT molecular complexity index is 935. The summed E-state index contributed by atoms with van der Waals surface area (Å²) in [6.45, 7) is -0.149. The van der Waals surface area contributed by atoms with E-state index in [-0.39, 0.29) is 11.3 Å². The lowest BCUT2D eigenvalue weighted by atomic mass is 10.2. The number of aromatic nitrogens is 3. The van der Waals surface area contributed by atoms with Crippen LogP contribution in [0.5, 0.6) is 0 Å². The zero-order valence-electron chi connectivity index (χ0n) is 12.0. The summed E-state index contributed by atoms with van der Waals surface area (Å²) in [5.41, 5.74) is 0.997. The first-order valence-corrected chi connectivity index (χ1v) is 8.74. The maximum absolute atomic E-state index is 12.5. The van der Waals surface area contributed by atoms with E-state index in [1.54, 1.807) is 24.4 Å². The van der Waals surface area contributed by atoms with Gasteiger partial charge in [0.05, 0.1) is 29.1 Å². The predicted molar refractivity (Wildman–Crippen MR) is 86.9 cm³/mol. The number of H-pyrrole nitrogens is 1. The van der Waals surface area contributed by atoms with Gasteiger partial charge in [0.15, 0.2) is 0 Å². The van der Waals surface area contributed by atoms with Crippen molar-refractivity contribution < 1.29 is 12.8 Å². The fraction of sp³-hybridized carbons (Fsp3) is 0.214. The van der Waals surface area contributed by atoms with Crippen LogP contribution in [0.1, 0.15) is 6.42 Å². The summed E-state index contributed by atoms with van der Waals surface area (Å²) in [6.07, 6.45) is 4.50. The van der Waals surface area contributed by atoms with E-state index in [9.17, 15) is 12.8 Å². The van der Waals surface area contributed by atoms with E-state index in [1.165, 1.54) is 17.1 Å². The van der Waals surface area contributed by atoms with Crippen molar-refractivity contribution in [2.75, 3.05) is 11.4 Å². The van der Waals surface area contributed by atoms with Crippen molar-refractivity contribution in [3.63, 3.8) is 0 Å². The van der Waals surface area contributed by atoms with Gasteiger partial charge in [-0.3, -0.25) is 13.8 Å². The van der Waals surface area contributed by atoms with Crippen LogP contribution in [0.25, 0.3) is 10.9 Å². The molecular weight excluding hydrogens is 343 g/mol. The fourth-order valence-corrected chi connectivity index (χ4v) is 3.47. The second-order valence-corrected chi connectivity index (χ2v) is 7.04. The number of aryl methyl sites for hydroxylation is 1. The average Bonchev–Trinajstić information content (AvgIpc) is 3.14. The molecule has 0 atom stereocenters. The van der Waals surface area contributed by atoms with Crippen molar-refractivity contribution >= 4 is 38.2 Å². The van der Waals surface area contributed by atoms with E-state index in [4.69, 9.17) is 11.6 Å². The molecule has 122 valence electrons. The number of anilines is 1. The van der Waals surface area contributed by atoms with Gasteiger partial charge in [0.1, 0.15) is 4.90 Å². The molecule has 0 saturated heterocycles. The third-order valence-corrected chi connectivity index (χ3v) is 4.98. The first-order valence-electron chi connectivity index (χ1n) is 6.88. The van der Waals surface area contributed by atoms with Gasteiger partial charge in [-0.1, -0.05) is 23.7 Å². The molecule has 2 N–H and O–H groups in total. The van der Waals surface area contributed by atoms with E-state index < -0.39 is 16.7 Å². The topological polar surface area (TPSA) is 79.8 Å². The Kier molecular flexibility index (Phi) is 4.27. The lowest BCUT2D eigenvalue weighted by Crippen LogP contribution is -2.12. The number of halogens is 2. The molecule has 0 saturated carbocycles. The third-order valence-electron chi connectivity index (χ3n) is 3.35. The summed E-state index contributed by atoms with van der Waals surface area (Å²) in [6, 6.07) is 5.14. The number of hydrogen-bond donors (Lipinski definition) is 2. The Labute approximate surface area is 137 Å². The van der Waals surface area contributed by atoms with E-state index in [0.29, 0.717) is 22.8 Å². The molecule has 0 fully saturated rings. The highest BCUT2D eigenvalue weighted by atomic mass is 35.5. The first-order chi connectivity index (χ1) is 11.0. The zero-order valence-corrected chi connectivity index (χ0v) is 13.5. The number of alkyl halides is 1. The minimum atomic E-state index is -3.79. The second kappa shape index (κ2) is 6.21. The maximum atomic E-state index is 12.5. The minimum Gasteiger partial charge on any atom is -0.358 e. The van der Waals surface area contributed by atoms with Crippen LogP contribution >= 0.6 is 11.6 Å². The smallest absolute Gasteiger partial charge is 0.265 e. The molecule has 2 aromatic heterocycles. The van der Waals surface area contributed by atoms with Gasteiger partial charge in [-0.05, 0) is 12.5 Å². The van der Waals surface area contributed by atoms with Gasteiger partial charge in [0, 0.05) is 24.3 Å². The first kappa shape index (κ1) is 15.8.